The number of aliphatic hydroxyl groups is 1. The third-order valence-electron chi connectivity index (χ3n) is 7.04. The van der Waals surface area contributed by atoms with Gasteiger partial charge in [-0.25, -0.2) is 4.52 Å². The minimum Gasteiger partial charge on any atom is -0.455 e. The minimum absolute atomic E-state index is 0.0791. The Kier molecular flexibility index (Phi) is 4.53. The lowest BCUT2D eigenvalue weighted by Gasteiger charge is -2.31. The Hall–Kier alpha value is -3.43. The lowest BCUT2D eigenvalue weighted by molar-refractivity contribution is 0.00705. The van der Waals surface area contributed by atoms with Crippen molar-refractivity contribution in [3.8, 4) is 11.5 Å². The van der Waals surface area contributed by atoms with Crippen molar-refractivity contribution in [1.29, 1.82) is 0 Å². The third-order valence-corrected chi connectivity index (χ3v) is 8.11. The number of rotatable bonds is 4. The van der Waals surface area contributed by atoms with Crippen molar-refractivity contribution in [2.75, 3.05) is 13.6 Å². The Morgan fingerprint density at radius 3 is 2.76 bits per heavy atom. The fraction of sp³-hybridized carbons (Fsp3) is 0.320. The van der Waals surface area contributed by atoms with Crippen molar-refractivity contribution in [2.24, 2.45) is 0 Å². The van der Waals surface area contributed by atoms with Gasteiger partial charge in [0, 0.05) is 40.3 Å². The second kappa shape index (κ2) is 7.28. The topological polar surface area (TPSA) is 96.2 Å². The van der Waals surface area contributed by atoms with E-state index in [0.29, 0.717) is 42.0 Å². The van der Waals surface area contributed by atoms with Crippen LogP contribution in [0.5, 0.6) is 11.5 Å². The van der Waals surface area contributed by atoms with Crippen LogP contribution >= 0.6 is 11.3 Å². The number of aromatic nitrogens is 2. The Balaban J connectivity index is 1.35. The summed E-state index contributed by atoms with van der Waals surface area (Å²) in [7, 11) is 1.63. The first-order chi connectivity index (χ1) is 16.3. The summed E-state index contributed by atoms with van der Waals surface area (Å²) in [5, 5.41) is 18.3. The number of nitrogens with one attached hydrogen (secondary N) is 1. The molecule has 3 fully saturated rings. The molecule has 0 spiro atoms. The Labute approximate surface area is 199 Å². The van der Waals surface area contributed by atoms with Gasteiger partial charge >= 0.3 is 0 Å². The largest absolute Gasteiger partial charge is 0.455 e. The molecule has 3 aliphatic rings. The maximum Gasteiger partial charge on any atom is 0.256 e. The van der Waals surface area contributed by atoms with Gasteiger partial charge in [0.1, 0.15) is 11.3 Å². The van der Waals surface area contributed by atoms with Crippen molar-refractivity contribution < 1.29 is 19.4 Å². The van der Waals surface area contributed by atoms with Gasteiger partial charge in [-0.05, 0) is 50.5 Å². The molecule has 2 N–H and O–H groups in total. The molecule has 34 heavy (non-hydrogen) atoms. The number of fused-ring (bicyclic) bond motifs is 3. The van der Waals surface area contributed by atoms with Crippen LogP contribution in [0.2, 0.25) is 0 Å². The van der Waals surface area contributed by atoms with Gasteiger partial charge in [-0.2, -0.15) is 5.10 Å². The predicted octanol–water partition coefficient (Wildman–Crippen LogP) is 3.67. The van der Waals surface area contributed by atoms with E-state index >= 15 is 0 Å². The van der Waals surface area contributed by atoms with E-state index in [0.717, 1.165) is 26.0 Å². The molecule has 0 radical (unpaired) electrons. The molecule has 5 heterocycles. The van der Waals surface area contributed by atoms with Gasteiger partial charge in [-0.1, -0.05) is 0 Å². The normalized spacial score (nSPS) is 21.2. The van der Waals surface area contributed by atoms with Gasteiger partial charge in [0.25, 0.3) is 11.8 Å². The number of hydrogen-bond acceptors (Lipinski definition) is 6. The van der Waals surface area contributed by atoms with E-state index in [4.69, 9.17) is 4.74 Å². The van der Waals surface area contributed by atoms with Crippen LogP contribution in [-0.4, -0.2) is 56.7 Å². The molecule has 1 aliphatic carbocycles. The summed E-state index contributed by atoms with van der Waals surface area (Å²) in [6.45, 7) is 4.22. The molecular weight excluding hydrogens is 452 g/mol. The smallest absolute Gasteiger partial charge is 0.256 e. The molecule has 2 saturated heterocycles. The zero-order chi connectivity index (χ0) is 23.8. The summed E-state index contributed by atoms with van der Waals surface area (Å²) in [5.74, 6) is 1.05. The van der Waals surface area contributed by atoms with E-state index in [2.05, 4.69) is 10.4 Å². The fourth-order valence-electron chi connectivity index (χ4n) is 5.32. The third kappa shape index (κ3) is 3.04. The molecule has 0 unspecified atom stereocenters. The van der Waals surface area contributed by atoms with Crippen molar-refractivity contribution in [2.45, 2.75) is 38.3 Å². The standard InChI is InChI=1S/C25H24N4O4S/c1-13-18(24(31)28-12-25(32)9-15(28)10-25)11-29-22(13)19(6-7-27-29)33-16-4-5-17-20(8-16)34-14(2)21(17)23(30)26-3/h4-8,11,15,32H,9-10,12H2,1-3H3,(H,26,30). The highest BCUT2D eigenvalue weighted by atomic mass is 32.1. The molecule has 4 aromatic rings. The zero-order valence-electron chi connectivity index (χ0n) is 19.1. The Morgan fingerprint density at radius 1 is 1.26 bits per heavy atom. The summed E-state index contributed by atoms with van der Waals surface area (Å²) < 4.78 is 8.90. The van der Waals surface area contributed by atoms with E-state index in [1.165, 1.54) is 0 Å². The van der Waals surface area contributed by atoms with Crippen LogP contribution in [0.1, 0.15) is 44.0 Å². The average Bonchev–Trinajstić information content (AvgIpc) is 3.51. The molecule has 1 aromatic carbocycles. The number of benzene rings is 1. The molecule has 0 atom stereocenters. The number of thiophene rings is 1. The summed E-state index contributed by atoms with van der Waals surface area (Å²) >= 11 is 1.55. The van der Waals surface area contributed by atoms with Crippen LogP contribution in [0.15, 0.2) is 36.7 Å². The zero-order valence-corrected chi connectivity index (χ0v) is 19.9. The van der Waals surface area contributed by atoms with Crippen molar-refractivity contribution in [1.82, 2.24) is 19.8 Å². The molecule has 3 aromatic heterocycles. The number of aryl methyl sites for hydroxylation is 2. The summed E-state index contributed by atoms with van der Waals surface area (Å²) in [6, 6.07) is 7.58. The maximum absolute atomic E-state index is 13.2. The van der Waals surface area contributed by atoms with Gasteiger partial charge in [0.2, 0.25) is 0 Å². The highest BCUT2D eigenvalue weighted by Gasteiger charge is 2.56. The highest BCUT2D eigenvalue weighted by molar-refractivity contribution is 7.19. The molecular formula is C25H24N4O4S. The number of nitrogens with zero attached hydrogens (tertiary/aromatic N) is 3. The number of carbonyl (C=O) groups is 2. The molecule has 2 aliphatic heterocycles. The lowest BCUT2D eigenvalue weighted by atomic mass is 9.81. The summed E-state index contributed by atoms with van der Waals surface area (Å²) in [4.78, 5) is 28.2. The number of hydrogen-bond donors (Lipinski definition) is 2. The monoisotopic (exact) mass is 476 g/mol. The molecule has 2 amide bonds. The van der Waals surface area contributed by atoms with Gasteiger partial charge < -0.3 is 20.1 Å². The van der Waals surface area contributed by atoms with Gasteiger partial charge in [0.15, 0.2) is 5.75 Å². The van der Waals surface area contributed by atoms with E-state index < -0.39 is 5.60 Å². The quantitative estimate of drug-likeness (QED) is 0.469. The van der Waals surface area contributed by atoms with E-state index in [-0.39, 0.29) is 17.9 Å². The first-order valence-corrected chi connectivity index (χ1v) is 12.0. The maximum atomic E-state index is 13.2. The first-order valence-electron chi connectivity index (χ1n) is 11.2. The van der Waals surface area contributed by atoms with Gasteiger partial charge in [-0.3, -0.25) is 9.59 Å². The van der Waals surface area contributed by atoms with Crippen LogP contribution in [0.4, 0.5) is 0 Å². The highest BCUT2D eigenvalue weighted by Crippen LogP contribution is 2.45. The molecule has 7 rings (SSSR count). The minimum atomic E-state index is -0.712. The van der Waals surface area contributed by atoms with Crippen LogP contribution < -0.4 is 10.1 Å². The van der Waals surface area contributed by atoms with Crippen LogP contribution in [0.3, 0.4) is 0 Å². The molecule has 8 nitrogen and oxygen atoms in total. The van der Waals surface area contributed by atoms with E-state index in [1.807, 2.05) is 32.0 Å². The lowest BCUT2D eigenvalue weighted by Crippen LogP contribution is -2.40. The Bertz CT molecular complexity index is 1500. The number of amides is 2. The average molecular weight is 477 g/mol. The van der Waals surface area contributed by atoms with Crippen molar-refractivity contribution in [3.05, 3.63) is 58.2 Å². The SMILES string of the molecule is CNC(=O)c1c(C)sc2cc(Oc3ccnn4cc(C(=O)N5CC6(O)CC5C6)c(C)c34)ccc12. The number of carbonyl (C=O) groups excluding carboxylic acids is 2. The molecule has 9 heteroatoms. The van der Waals surface area contributed by atoms with E-state index in [1.54, 1.807) is 46.3 Å². The summed E-state index contributed by atoms with van der Waals surface area (Å²) in [6.07, 6.45) is 4.69. The van der Waals surface area contributed by atoms with Crippen LogP contribution in [0, 0.1) is 13.8 Å². The first kappa shape index (κ1) is 21.1. The number of ether oxygens (including phenoxy) is 1. The van der Waals surface area contributed by atoms with Crippen LogP contribution in [0.25, 0.3) is 15.6 Å². The summed E-state index contributed by atoms with van der Waals surface area (Å²) in [5.41, 5.74) is 2.06. The van der Waals surface area contributed by atoms with E-state index in [9.17, 15) is 14.7 Å². The van der Waals surface area contributed by atoms with Crippen molar-refractivity contribution >= 4 is 38.8 Å². The van der Waals surface area contributed by atoms with Crippen molar-refractivity contribution in [3.63, 3.8) is 0 Å². The molecule has 174 valence electrons. The van der Waals surface area contributed by atoms with Crippen LogP contribution in [-0.2, 0) is 0 Å². The Morgan fingerprint density at radius 2 is 2.06 bits per heavy atom. The second-order valence-corrected chi connectivity index (χ2v) is 10.5. The van der Waals surface area contributed by atoms with Gasteiger partial charge in [-0.15, -0.1) is 11.3 Å². The molecule has 1 saturated carbocycles. The second-order valence-electron chi connectivity index (χ2n) is 9.25. The predicted molar refractivity (Wildman–Crippen MR) is 129 cm³/mol. The van der Waals surface area contributed by atoms with Gasteiger partial charge in [0.05, 0.1) is 29.5 Å². The molecule has 2 bridgehead atoms. The fourth-order valence-corrected chi connectivity index (χ4v) is 6.41.